The highest BCUT2D eigenvalue weighted by atomic mass is 32.2. The van der Waals surface area contributed by atoms with Crippen molar-refractivity contribution < 1.29 is 13.9 Å². The topological polar surface area (TPSA) is 71.8 Å². The van der Waals surface area contributed by atoms with Crippen molar-refractivity contribution in [1.29, 1.82) is 0 Å². The quantitative estimate of drug-likeness (QED) is 0.568. The third-order valence-corrected chi connectivity index (χ3v) is 6.45. The van der Waals surface area contributed by atoms with Gasteiger partial charge in [0.2, 0.25) is 0 Å². The van der Waals surface area contributed by atoms with E-state index in [0.717, 1.165) is 29.0 Å². The van der Waals surface area contributed by atoms with Crippen molar-refractivity contribution in [3.63, 3.8) is 0 Å². The summed E-state index contributed by atoms with van der Waals surface area (Å²) in [5, 5.41) is 3.52. The summed E-state index contributed by atoms with van der Waals surface area (Å²) in [7, 11) is 0. The maximum atomic E-state index is 12.3. The Bertz CT molecular complexity index is 1130. The molecule has 4 rings (SSSR count). The lowest BCUT2D eigenvalue weighted by Gasteiger charge is -2.36. The summed E-state index contributed by atoms with van der Waals surface area (Å²) in [6.07, 6.45) is -0.535. The van der Waals surface area contributed by atoms with Gasteiger partial charge in [-0.2, -0.15) is 11.8 Å². The normalized spacial score (nSPS) is 16.9. The van der Waals surface area contributed by atoms with Gasteiger partial charge >= 0.3 is 11.7 Å². The van der Waals surface area contributed by atoms with Gasteiger partial charge in [0.1, 0.15) is 5.58 Å². The fourth-order valence-corrected chi connectivity index (χ4v) is 5.02. The molecular weight excluding hydrogens is 412 g/mol. The predicted molar refractivity (Wildman–Crippen MR) is 125 cm³/mol. The molecule has 2 heterocycles. The van der Waals surface area contributed by atoms with Crippen LogP contribution >= 0.6 is 11.8 Å². The van der Waals surface area contributed by atoms with Gasteiger partial charge in [-0.15, -0.1) is 0 Å². The Morgan fingerprint density at radius 3 is 2.81 bits per heavy atom. The molecule has 31 heavy (non-hydrogen) atoms. The number of ether oxygens (including phenoxy) is 1. The van der Waals surface area contributed by atoms with Gasteiger partial charge in [-0.25, -0.2) is 9.59 Å². The molecule has 0 radical (unpaired) electrons. The van der Waals surface area contributed by atoms with E-state index in [0.29, 0.717) is 23.9 Å². The molecule has 0 aliphatic carbocycles. The minimum Gasteiger partial charge on any atom is -0.450 e. The maximum Gasteiger partial charge on any atom is 0.411 e. The molecule has 0 spiro atoms. The average Bonchev–Trinajstić information content (AvgIpc) is 2.74. The van der Waals surface area contributed by atoms with Crippen molar-refractivity contribution in [2.45, 2.75) is 26.4 Å². The van der Waals surface area contributed by atoms with E-state index < -0.39 is 11.7 Å². The Labute approximate surface area is 185 Å². The second-order valence-corrected chi connectivity index (χ2v) is 8.77. The highest BCUT2D eigenvalue weighted by Gasteiger charge is 2.25. The minimum absolute atomic E-state index is 0.287. The van der Waals surface area contributed by atoms with Crippen LogP contribution in [0.4, 0.5) is 10.5 Å². The van der Waals surface area contributed by atoms with Gasteiger partial charge in [0.05, 0.1) is 6.61 Å². The van der Waals surface area contributed by atoms with Crippen molar-refractivity contribution in [2.24, 2.45) is 0 Å². The third kappa shape index (κ3) is 5.11. The number of amides is 1. The zero-order valence-electron chi connectivity index (χ0n) is 17.7. The van der Waals surface area contributed by atoms with Crippen LogP contribution in [0.3, 0.4) is 0 Å². The van der Waals surface area contributed by atoms with Crippen LogP contribution in [0.25, 0.3) is 11.0 Å². The number of carbonyl (C=O) groups is 1. The molecule has 7 heteroatoms. The highest BCUT2D eigenvalue weighted by molar-refractivity contribution is 7.99. The molecule has 1 atom stereocenters. The third-order valence-electron chi connectivity index (χ3n) is 5.43. The van der Waals surface area contributed by atoms with E-state index in [-0.39, 0.29) is 6.61 Å². The summed E-state index contributed by atoms with van der Waals surface area (Å²) in [6, 6.07) is 15.9. The Hall–Kier alpha value is -2.77. The molecule has 1 N–H and O–H groups in total. The number of fused-ring (bicyclic) bond motifs is 1. The van der Waals surface area contributed by atoms with E-state index in [1.807, 2.05) is 17.8 Å². The number of nitrogens with one attached hydrogen (secondary N) is 1. The van der Waals surface area contributed by atoms with Gasteiger partial charge in [-0.1, -0.05) is 29.8 Å². The molecule has 162 valence electrons. The van der Waals surface area contributed by atoms with Gasteiger partial charge in [-0.05, 0) is 37.1 Å². The van der Waals surface area contributed by atoms with Crippen molar-refractivity contribution >= 4 is 34.5 Å². The molecule has 6 nitrogen and oxygen atoms in total. The first-order valence-electron chi connectivity index (χ1n) is 10.4. The summed E-state index contributed by atoms with van der Waals surface area (Å²) in [6.45, 7) is 5.74. The molecule has 0 saturated carbocycles. The van der Waals surface area contributed by atoms with E-state index in [1.54, 1.807) is 25.1 Å². The van der Waals surface area contributed by atoms with Crippen molar-refractivity contribution in [2.75, 3.05) is 30.0 Å². The number of benzene rings is 2. The van der Waals surface area contributed by atoms with Crippen LogP contribution in [0.2, 0.25) is 0 Å². The van der Waals surface area contributed by atoms with Crippen molar-refractivity contribution in [3.8, 4) is 0 Å². The second kappa shape index (κ2) is 9.58. The lowest BCUT2D eigenvalue weighted by molar-refractivity contribution is 0.168. The molecule has 1 aliphatic heterocycles. The van der Waals surface area contributed by atoms with Crippen LogP contribution in [-0.2, 0) is 11.3 Å². The van der Waals surface area contributed by atoms with Crippen LogP contribution in [0.5, 0.6) is 0 Å². The van der Waals surface area contributed by atoms with E-state index >= 15 is 0 Å². The van der Waals surface area contributed by atoms with E-state index in [4.69, 9.17) is 9.15 Å². The summed E-state index contributed by atoms with van der Waals surface area (Å²) in [4.78, 5) is 26.4. The molecule has 1 aliphatic rings. The lowest BCUT2D eigenvalue weighted by Crippen LogP contribution is -2.35. The Morgan fingerprint density at radius 1 is 1.23 bits per heavy atom. The number of hydrogen-bond donors (Lipinski definition) is 1. The van der Waals surface area contributed by atoms with E-state index in [1.165, 1.54) is 11.1 Å². The van der Waals surface area contributed by atoms with Crippen LogP contribution in [-0.4, -0.2) is 35.7 Å². The first-order valence-corrected chi connectivity index (χ1v) is 11.6. The molecule has 1 fully saturated rings. The van der Waals surface area contributed by atoms with Crippen molar-refractivity contribution in [1.82, 2.24) is 4.90 Å². The van der Waals surface area contributed by atoms with Gasteiger partial charge in [0, 0.05) is 53.8 Å². The highest BCUT2D eigenvalue weighted by Crippen LogP contribution is 2.32. The molecule has 1 saturated heterocycles. The zero-order valence-corrected chi connectivity index (χ0v) is 18.5. The number of rotatable bonds is 5. The molecular formula is C24H26N2O4S. The molecule has 2 aromatic carbocycles. The Morgan fingerprint density at radius 2 is 2.03 bits per heavy atom. The van der Waals surface area contributed by atoms with Gasteiger partial charge < -0.3 is 9.15 Å². The number of anilines is 1. The SMILES string of the molecule is CCOC(=O)Nc1ccc2c(CN3CCSCC3c3ccc(C)cc3)cc(=O)oc2c1. The summed E-state index contributed by atoms with van der Waals surface area (Å²) < 4.78 is 10.3. The molecule has 1 aromatic heterocycles. The molecule has 1 unspecified atom stereocenters. The number of hydrogen-bond acceptors (Lipinski definition) is 6. The summed E-state index contributed by atoms with van der Waals surface area (Å²) in [5.74, 6) is 2.09. The van der Waals surface area contributed by atoms with E-state index in [2.05, 4.69) is 41.4 Å². The Kier molecular flexibility index (Phi) is 6.63. The van der Waals surface area contributed by atoms with E-state index in [9.17, 15) is 9.59 Å². The summed E-state index contributed by atoms with van der Waals surface area (Å²) in [5.41, 5.74) is 4.06. The fraction of sp³-hybridized carbons (Fsp3) is 0.333. The van der Waals surface area contributed by atoms with Crippen LogP contribution in [0.1, 0.15) is 29.7 Å². The molecule has 1 amide bonds. The average molecular weight is 439 g/mol. The second-order valence-electron chi connectivity index (χ2n) is 7.62. The van der Waals surface area contributed by atoms with Gasteiger partial charge in [0.15, 0.2) is 0 Å². The Balaban J connectivity index is 1.62. The predicted octanol–water partition coefficient (Wildman–Crippen LogP) is 4.96. The number of aryl methyl sites for hydroxylation is 1. The smallest absolute Gasteiger partial charge is 0.411 e. The first-order chi connectivity index (χ1) is 15.0. The zero-order chi connectivity index (χ0) is 21.8. The first kappa shape index (κ1) is 21.5. The standard InChI is InChI=1S/C24H26N2O4S/c1-3-29-24(28)25-19-8-9-20-18(12-23(27)30-22(20)13-19)14-26-10-11-31-15-21(26)17-6-4-16(2)5-7-17/h4-9,12-13,21H,3,10-11,14-15H2,1-2H3,(H,25,28). The lowest BCUT2D eigenvalue weighted by atomic mass is 10.0. The van der Waals surface area contributed by atoms with Gasteiger partial charge in [0.25, 0.3) is 0 Å². The molecule has 0 bridgehead atoms. The fourth-order valence-electron chi connectivity index (χ4n) is 3.87. The summed E-state index contributed by atoms with van der Waals surface area (Å²) >= 11 is 1.96. The van der Waals surface area contributed by atoms with Crippen LogP contribution in [0, 0.1) is 6.92 Å². The number of carbonyl (C=O) groups excluding carboxylic acids is 1. The number of thioether (sulfide) groups is 1. The number of nitrogens with zero attached hydrogens (tertiary/aromatic N) is 1. The minimum atomic E-state index is -0.535. The van der Waals surface area contributed by atoms with Gasteiger partial charge in [-0.3, -0.25) is 10.2 Å². The van der Waals surface area contributed by atoms with Crippen LogP contribution in [0.15, 0.2) is 57.7 Å². The maximum absolute atomic E-state index is 12.3. The molecule has 3 aromatic rings. The van der Waals surface area contributed by atoms with Crippen molar-refractivity contribution in [3.05, 3.63) is 75.6 Å². The van der Waals surface area contributed by atoms with Crippen LogP contribution < -0.4 is 10.9 Å². The monoisotopic (exact) mass is 438 g/mol. The largest absolute Gasteiger partial charge is 0.450 e.